The van der Waals surface area contributed by atoms with Crippen LogP contribution in [0.4, 0.5) is 48.0 Å². The van der Waals surface area contributed by atoms with Crippen molar-refractivity contribution in [3.05, 3.63) is 70.7 Å². The molecule has 0 atom stereocenters. The van der Waals surface area contributed by atoms with E-state index < -0.39 is 48.3 Å². The summed E-state index contributed by atoms with van der Waals surface area (Å²) in [5.41, 5.74) is -2.19. The molecular weight excluding hydrogens is 610 g/mol. The fourth-order valence-corrected chi connectivity index (χ4v) is 2.18. The third kappa shape index (κ3) is 14.7. The Morgan fingerprint density at radius 2 is 0.686 bits per heavy atom. The van der Waals surface area contributed by atoms with Crippen LogP contribution in [0, 0.1) is 65.1 Å². The minimum absolute atomic E-state index is 0. The van der Waals surface area contributed by atoms with Crippen molar-refractivity contribution < 1.29 is 72.9 Å². The zero-order valence-electron chi connectivity index (χ0n) is 20.0. The first-order valence-electron chi connectivity index (χ1n) is 9.04. The molecule has 1 aromatic rings. The van der Waals surface area contributed by atoms with Crippen LogP contribution >= 0.6 is 7.92 Å². The standard InChI is InChI=1S/C10H15.C7F7.C3H9P.BF4.H2O.Rh/c1-6-7(2)9(4)10(5)8(6)3;8-2-1(7(13)14)3(9)5(11)6(12)4(2)10;1-4(2)3;2-1(3,4)5;;/h1-5H3;;1-3H3;;1H2;/q;-1;;-1;;+3. The van der Waals surface area contributed by atoms with Gasteiger partial charge in [-0.15, -0.1) is 7.92 Å². The summed E-state index contributed by atoms with van der Waals surface area (Å²) < 4.78 is 124. The normalized spacial score (nSPS) is 15.1. The number of hydrogen-bond acceptors (Lipinski definition) is 0. The Morgan fingerprint density at radius 3 is 0.829 bits per heavy atom. The molecule has 1 aliphatic rings. The van der Waals surface area contributed by atoms with Crippen LogP contribution < -0.4 is 0 Å². The molecule has 1 fully saturated rings. The van der Waals surface area contributed by atoms with Crippen molar-refractivity contribution in [2.45, 2.75) is 34.6 Å². The van der Waals surface area contributed by atoms with E-state index in [2.05, 4.69) is 54.6 Å². The third-order valence-electron chi connectivity index (χ3n) is 4.21. The number of halogens is 11. The SMILES string of the molecule is CP(C)C.C[C]1[C](C)[C](C)[C](C)[C]1C.F[B-](F)(F)F.Fc1c(F)c(F)c([C-](F)F)c(F)c1F.O.[Rh+3]. The summed E-state index contributed by atoms with van der Waals surface area (Å²) in [7, 11) is -5.62. The number of rotatable bonds is 1. The predicted molar refractivity (Wildman–Crippen MR) is 114 cm³/mol. The van der Waals surface area contributed by atoms with Gasteiger partial charge >= 0.3 is 26.7 Å². The summed E-state index contributed by atoms with van der Waals surface area (Å²) >= 11 is 0. The molecule has 0 unspecified atom stereocenters. The quantitative estimate of drug-likeness (QED) is 0.0749. The average Bonchev–Trinajstić information content (AvgIpc) is 2.81. The van der Waals surface area contributed by atoms with Gasteiger partial charge < -0.3 is 22.7 Å². The van der Waals surface area contributed by atoms with E-state index in [0.29, 0.717) is 7.92 Å². The molecule has 1 aliphatic carbocycles. The minimum Gasteiger partial charge on any atom is -0.418 e. The molecule has 2 N–H and O–H groups in total. The fourth-order valence-electron chi connectivity index (χ4n) is 2.18. The van der Waals surface area contributed by atoms with Crippen LogP contribution in [0.25, 0.3) is 0 Å². The Hall–Kier alpha value is -0.602. The van der Waals surface area contributed by atoms with Crippen molar-refractivity contribution in [1.29, 1.82) is 0 Å². The zero-order valence-corrected chi connectivity index (χ0v) is 22.5. The van der Waals surface area contributed by atoms with Crippen molar-refractivity contribution in [3.63, 3.8) is 0 Å². The van der Waals surface area contributed by atoms with Gasteiger partial charge in [-0.1, -0.05) is 34.6 Å². The molecule has 5 radical (unpaired) electrons. The Balaban J connectivity index is -0.000000201. The molecule has 0 bridgehead atoms. The van der Waals surface area contributed by atoms with Gasteiger partial charge in [0.25, 0.3) is 0 Å². The van der Waals surface area contributed by atoms with E-state index >= 15 is 0 Å². The molecule has 2 rings (SSSR count). The van der Waals surface area contributed by atoms with Crippen LogP contribution in [0.1, 0.15) is 40.2 Å². The maximum Gasteiger partial charge on any atom is 3.00 e. The first-order chi connectivity index (χ1) is 14.7. The second kappa shape index (κ2) is 17.8. The van der Waals surface area contributed by atoms with Crippen molar-refractivity contribution in [2.75, 3.05) is 20.0 Å². The van der Waals surface area contributed by atoms with Crippen molar-refractivity contribution in [1.82, 2.24) is 0 Å². The summed E-state index contributed by atoms with van der Waals surface area (Å²) in [6.07, 6.45) is -2.97. The van der Waals surface area contributed by atoms with Crippen LogP contribution in [0.2, 0.25) is 0 Å². The van der Waals surface area contributed by atoms with Gasteiger partial charge in [-0.05, 0) is 55.1 Å². The average molecular weight is 636 g/mol. The molecule has 0 heterocycles. The van der Waals surface area contributed by atoms with E-state index in [1.807, 2.05) is 0 Å². The van der Waals surface area contributed by atoms with E-state index in [1.54, 1.807) is 0 Å². The van der Waals surface area contributed by atoms with Gasteiger partial charge in [0.1, 0.15) is 11.6 Å². The van der Waals surface area contributed by atoms with Crippen LogP contribution in [-0.2, 0) is 19.5 Å². The molecule has 35 heavy (non-hydrogen) atoms. The second-order valence-corrected chi connectivity index (χ2v) is 9.85. The molecule has 0 aromatic heterocycles. The molecule has 15 heteroatoms. The molecule has 0 amide bonds. The van der Waals surface area contributed by atoms with Gasteiger partial charge in [0, 0.05) is 0 Å². The van der Waals surface area contributed by atoms with E-state index in [-0.39, 0.29) is 25.0 Å². The minimum atomic E-state index is -6.00. The topological polar surface area (TPSA) is 31.5 Å². The van der Waals surface area contributed by atoms with E-state index in [4.69, 9.17) is 0 Å². The van der Waals surface area contributed by atoms with Gasteiger partial charge in [-0.2, -0.15) is 0 Å². The second-order valence-electron chi connectivity index (χ2n) is 7.17. The number of benzene rings is 1. The Morgan fingerprint density at radius 1 is 0.543 bits per heavy atom. The predicted octanol–water partition coefficient (Wildman–Crippen LogP) is 7.96. The van der Waals surface area contributed by atoms with Crippen LogP contribution in [0.3, 0.4) is 0 Å². The fraction of sp³-hybridized carbons (Fsp3) is 0.400. The molecule has 205 valence electrons. The first kappa shape index (κ1) is 41.5. The summed E-state index contributed by atoms with van der Waals surface area (Å²) in [6.45, 7) is 17.7. The van der Waals surface area contributed by atoms with Gasteiger partial charge in [0.15, 0.2) is 12.2 Å². The van der Waals surface area contributed by atoms with Crippen molar-refractivity contribution >= 4 is 15.2 Å². The van der Waals surface area contributed by atoms with Crippen LogP contribution in [-0.4, -0.2) is 32.7 Å². The molecular formula is C20H26BF11OPRh+. The van der Waals surface area contributed by atoms with Gasteiger partial charge in [-0.3, -0.25) is 17.6 Å². The maximum absolute atomic E-state index is 12.4. The Kier molecular flexibility index (Phi) is 21.1. The molecule has 1 nitrogen and oxygen atoms in total. The van der Waals surface area contributed by atoms with Crippen molar-refractivity contribution in [2.24, 2.45) is 0 Å². The summed E-state index contributed by atoms with van der Waals surface area (Å²) in [4.78, 5) is 0. The Bertz CT molecular complexity index is 655. The molecule has 0 spiro atoms. The zero-order chi connectivity index (χ0) is 27.0. The van der Waals surface area contributed by atoms with Gasteiger partial charge in [0.2, 0.25) is 0 Å². The van der Waals surface area contributed by atoms with Gasteiger partial charge in [-0.25, -0.2) is 13.2 Å². The monoisotopic (exact) mass is 636 g/mol. The van der Waals surface area contributed by atoms with Crippen LogP contribution in [0.5, 0.6) is 0 Å². The third-order valence-corrected chi connectivity index (χ3v) is 4.21. The van der Waals surface area contributed by atoms with E-state index in [1.165, 1.54) is 29.6 Å². The largest absolute Gasteiger partial charge is 3.00 e. The van der Waals surface area contributed by atoms with E-state index in [9.17, 15) is 48.0 Å². The number of hydrogen-bond donors (Lipinski definition) is 0. The van der Waals surface area contributed by atoms with Crippen molar-refractivity contribution in [3.8, 4) is 0 Å². The maximum atomic E-state index is 12.4. The molecule has 0 aliphatic heterocycles. The summed E-state index contributed by atoms with van der Waals surface area (Å²) in [5, 5.41) is 0. The summed E-state index contributed by atoms with van der Waals surface area (Å²) in [6, 6.07) is 0. The van der Waals surface area contributed by atoms with Gasteiger partial charge in [0.05, 0.1) is 11.6 Å². The summed E-state index contributed by atoms with van der Waals surface area (Å²) in [5.74, 6) is -5.00. The Labute approximate surface area is 213 Å². The van der Waals surface area contributed by atoms with Crippen LogP contribution in [0.15, 0.2) is 0 Å². The first-order valence-corrected chi connectivity index (χ1v) is 11.7. The molecule has 1 saturated carbocycles. The molecule has 1 aromatic carbocycles. The van der Waals surface area contributed by atoms with E-state index in [0.717, 1.165) is 0 Å². The molecule has 0 saturated heterocycles. The smallest absolute Gasteiger partial charge is 0.418 e.